The summed E-state index contributed by atoms with van der Waals surface area (Å²) < 4.78 is 6.36. The minimum Gasteiger partial charge on any atom is -0.508 e. The van der Waals surface area contributed by atoms with Crippen molar-refractivity contribution in [3.63, 3.8) is 0 Å². The number of hydrogen-bond acceptors (Lipinski definition) is 4. The highest BCUT2D eigenvalue weighted by Crippen LogP contribution is 2.40. The van der Waals surface area contributed by atoms with E-state index in [1.807, 2.05) is 0 Å². The van der Waals surface area contributed by atoms with Gasteiger partial charge in [-0.05, 0) is 60.9 Å². The molecule has 0 aliphatic carbocycles. The summed E-state index contributed by atoms with van der Waals surface area (Å²) in [6.45, 7) is 3.86. The van der Waals surface area contributed by atoms with E-state index in [0.717, 1.165) is 44.3 Å². The van der Waals surface area contributed by atoms with E-state index >= 15 is 0 Å². The van der Waals surface area contributed by atoms with Crippen LogP contribution in [0.25, 0.3) is 10.9 Å². The van der Waals surface area contributed by atoms with E-state index in [9.17, 15) is 9.90 Å². The number of nitrogens with one attached hydrogen (secondary N) is 1. The first-order chi connectivity index (χ1) is 11.1. The van der Waals surface area contributed by atoms with Gasteiger partial charge in [0.2, 0.25) is 0 Å². The summed E-state index contributed by atoms with van der Waals surface area (Å²) in [4.78, 5) is 18.0. The predicted octanol–water partition coefficient (Wildman–Crippen LogP) is 3.70. The number of aromatic nitrogens is 1. The van der Waals surface area contributed by atoms with E-state index in [2.05, 4.69) is 25.8 Å². The van der Waals surface area contributed by atoms with Crippen LogP contribution in [0.15, 0.2) is 22.8 Å². The Morgan fingerprint density at radius 2 is 1.96 bits per heavy atom. The Morgan fingerprint density at radius 1 is 1.29 bits per heavy atom. The van der Waals surface area contributed by atoms with E-state index in [4.69, 9.17) is 4.74 Å². The molecule has 3 aliphatic rings. The van der Waals surface area contributed by atoms with Crippen molar-refractivity contribution < 1.29 is 14.6 Å². The second-order valence-electron chi connectivity index (χ2n) is 6.72. The van der Waals surface area contributed by atoms with Gasteiger partial charge >= 0.3 is 5.97 Å². The lowest BCUT2D eigenvalue weighted by Crippen LogP contribution is -2.50. The number of nitrogens with zero attached hydrogens (tertiary/aromatic N) is 1. The maximum atomic E-state index is 12.5. The third kappa shape index (κ3) is 3.03. The number of phenols is 1. The van der Waals surface area contributed by atoms with Crippen molar-refractivity contribution in [2.45, 2.75) is 19.3 Å². The molecule has 4 heterocycles. The van der Waals surface area contributed by atoms with Crippen LogP contribution in [0, 0.1) is 5.41 Å². The number of halogens is 2. The number of aromatic hydroxyl groups is 1. The summed E-state index contributed by atoms with van der Waals surface area (Å²) in [5.41, 5.74) is 1.40. The average molecular weight is 416 g/mol. The molecule has 0 amide bonds. The number of piperidine rings is 3. The number of rotatable bonds is 3. The van der Waals surface area contributed by atoms with Gasteiger partial charge in [0.25, 0.3) is 0 Å². The zero-order valence-corrected chi connectivity index (χ0v) is 15.6. The molecule has 1 aromatic carbocycles. The minimum atomic E-state index is -0.301. The Balaban J connectivity index is 0.00000169. The number of carbonyl (C=O) groups excluding carboxylic acids is 1. The van der Waals surface area contributed by atoms with Gasteiger partial charge in [-0.25, -0.2) is 4.79 Å². The first-order valence-corrected chi connectivity index (χ1v) is 8.75. The molecular formula is C17H20BrClN2O3. The molecule has 2 N–H and O–H groups in total. The Labute approximate surface area is 154 Å². The molecular weight excluding hydrogens is 396 g/mol. The number of fused-ring (bicyclic) bond motifs is 4. The monoisotopic (exact) mass is 414 g/mol. The number of esters is 1. The Morgan fingerprint density at radius 3 is 2.62 bits per heavy atom. The number of aromatic amines is 1. The standard InChI is InChI=1S/C17H19BrN2O3.ClH/c18-13-7-11(21)8-14-15(13)12(9-19-14)16(22)23-10-17-1-4-20(5-2-17)6-3-17;/h7-9,19,21H,1-6,10H2;1H. The zero-order valence-electron chi connectivity index (χ0n) is 13.2. The summed E-state index contributed by atoms with van der Waals surface area (Å²) in [6, 6.07) is 3.19. The molecule has 7 heteroatoms. The van der Waals surface area contributed by atoms with Crippen LogP contribution in [-0.2, 0) is 4.74 Å². The van der Waals surface area contributed by atoms with Crippen molar-refractivity contribution in [3.05, 3.63) is 28.4 Å². The molecule has 0 saturated carbocycles. The van der Waals surface area contributed by atoms with E-state index in [1.165, 1.54) is 0 Å². The topological polar surface area (TPSA) is 65.6 Å². The quantitative estimate of drug-likeness (QED) is 0.750. The molecule has 3 aliphatic heterocycles. The second kappa shape index (κ2) is 6.58. The van der Waals surface area contributed by atoms with Gasteiger partial charge in [0.15, 0.2) is 0 Å². The van der Waals surface area contributed by atoms with Gasteiger partial charge in [0.1, 0.15) is 5.75 Å². The lowest BCUT2D eigenvalue weighted by Gasteiger charge is -2.47. The predicted molar refractivity (Wildman–Crippen MR) is 97.9 cm³/mol. The Hall–Kier alpha value is -1.24. The molecule has 24 heavy (non-hydrogen) atoms. The fourth-order valence-electron chi connectivity index (χ4n) is 3.77. The maximum Gasteiger partial charge on any atom is 0.340 e. The Kier molecular flexibility index (Phi) is 4.82. The molecule has 0 radical (unpaired) electrons. The smallest absolute Gasteiger partial charge is 0.340 e. The van der Waals surface area contributed by atoms with Gasteiger partial charge < -0.3 is 19.7 Å². The molecule has 0 atom stereocenters. The largest absolute Gasteiger partial charge is 0.508 e. The number of H-pyrrole nitrogens is 1. The second-order valence-corrected chi connectivity index (χ2v) is 7.57. The Bertz CT molecular complexity index is 755. The van der Waals surface area contributed by atoms with Crippen molar-refractivity contribution in [2.24, 2.45) is 5.41 Å². The molecule has 2 bridgehead atoms. The number of hydrogen-bond donors (Lipinski definition) is 2. The molecule has 1 aromatic heterocycles. The van der Waals surface area contributed by atoms with Crippen LogP contribution >= 0.6 is 28.3 Å². The lowest BCUT2D eigenvalue weighted by atomic mass is 9.73. The minimum absolute atomic E-state index is 0. The van der Waals surface area contributed by atoms with Crippen molar-refractivity contribution in [3.8, 4) is 5.75 Å². The first-order valence-electron chi connectivity index (χ1n) is 7.95. The van der Waals surface area contributed by atoms with Crippen LogP contribution in [0.4, 0.5) is 0 Å². The van der Waals surface area contributed by atoms with Crippen molar-refractivity contribution >= 4 is 45.2 Å². The molecule has 3 saturated heterocycles. The van der Waals surface area contributed by atoms with Crippen LogP contribution < -0.4 is 0 Å². The van der Waals surface area contributed by atoms with Gasteiger partial charge in [-0.2, -0.15) is 0 Å². The third-order valence-corrected chi connectivity index (χ3v) is 5.95. The van der Waals surface area contributed by atoms with Crippen LogP contribution in [0.3, 0.4) is 0 Å². The zero-order chi connectivity index (χ0) is 16.0. The number of carbonyl (C=O) groups is 1. The molecule has 2 aromatic rings. The highest BCUT2D eigenvalue weighted by Gasteiger charge is 2.40. The summed E-state index contributed by atoms with van der Waals surface area (Å²) >= 11 is 3.41. The molecule has 5 rings (SSSR count). The fraction of sp³-hybridized carbons (Fsp3) is 0.471. The highest BCUT2D eigenvalue weighted by atomic mass is 79.9. The van der Waals surface area contributed by atoms with Gasteiger partial charge in [0.05, 0.1) is 17.7 Å². The van der Waals surface area contributed by atoms with E-state index in [0.29, 0.717) is 22.2 Å². The van der Waals surface area contributed by atoms with Crippen LogP contribution in [0.5, 0.6) is 5.75 Å². The summed E-state index contributed by atoms with van der Waals surface area (Å²) in [5, 5.41) is 10.4. The molecule has 0 spiro atoms. The maximum absolute atomic E-state index is 12.5. The number of benzene rings is 1. The lowest BCUT2D eigenvalue weighted by molar-refractivity contribution is -0.0304. The van der Waals surface area contributed by atoms with Crippen LogP contribution in [0.1, 0.15) is 29.6 Å². The van der Waals surface area contributed by atoms with E-state index in [1.54, 1.807) is 18.3 Å². The van der Waals surface area contributed by atoms with Crippen LogP contribution in [-0.4, -0.2) is 47.2 Å². The van der Waals surface area contributed by atoms with Gasteiger partial charge in [0, 0.05) is 27.5 Å². The number of phenolic OH excluding ortho intramolecular Hbond substituents is 1. The summed E-state index contributed by atoms with van der Waals surface area (Å²) in [6.07, 6.45) is 5.00. The van der Waals surface area contributed by atoms with Gasteiger partial charge in [-0.3, -0.25) is 0 Å². The molecule has 3 fully saturated rings. The number of ether oxygens (including phenoxy) is 1. The third-order valence-electron chi connectivity index (χ3n) is 5.32. The van der Waals surface area contributed by atoms with Crippen molar-refractivity contribution in [1.82, 2.24) is 9.88 Å². The van der Waals surface area contributed by atoms with E-state index in [-0.39, 0.29) is 29.5 Å². The first kappa shape index (κ1) is 17.6. The highest BCUT2D eigenvalue weighted by molar-refractivity contribution is 9.10. The normalized spacial score (nSPS) is 25.5. The van der Waals surface area contributed by atoms with E-state index < -0.39 is 0 Å². The SMILES string of the molecule is Cl.O=C(OCC12CCN(CC1)CC2)c1c[nH]c2cc(O)cc(Br)c12. The van der Waals surface area contributed by atoms with Gasteiger partial charge in [-0.15, -0.1) is 12.4 Å². The molecule has 5 nitrogen and oxygen atoms in total. The van der Waals surface area contributed by atoms with Crippen LogP contribution in [0.2, 0.25) is 0 Å². The summed E-state index contributed by atoms with van der Waals surface area (Å²) in [5.74, 6) is -0.149. The molecule has 0 unspecified atom stereocenters. The van der Waals surface area contributed by atoms with Crippen molar-refractivity contribution in [2.75, 3.05) is 26.2 Å². The molecule has 130 valence electrons. The van der Waals surface area contributed by atoms with Crippen molar-refractivity contribution in [1.29, 1.82) is 0 Å². The summed E-state index contributed by atoms with van der Waals surface area (Å²) in [7, 11) is 0. The fourth-order valence-corrected chi connectivity index (χ4v) is 4.43. The average Bonchev–Trinajstić information content (AvgIpc) is 2.98. The van der Waals surface area contributed by atoms with Gasteiger partial charge in [-0.1, -0.05) is 0 Å².